The van der Waals surface area contributed by atoms with E-state index in [-0.39, 0.29) is 23.2 Å². The van der Waals surface area contributed by atoms with E-state index in [4.69, 9.17) is 4.42 Å². The number of aliphatic hydroxyl groups excluding tert-OH is 1. The van der Waals surface area contributed by atoms with E-state index in [1.807, 2.05) is 31.2 Å². The Balaban J connectivity index is 1.67. The third-order valence-corrected chi connectivity index (χ3v) is 4.88. The summed E-state index contributed by atoms with van der Waals surface area (Å²) in [4.78, 5) is 22.1. The number of aliphatic hydroxyl groups is 1. The first-order valence-electron chi connectivity index (χ1n) is 8.42. The molecular formula is C18H21N3O3. The van der Waals surface area contributed by atoms with Gasteiger partial charge >= 0.3 is 0 Å². The van der Waals surface area contributed by atoms with Crippen LogP contribution in [0.15, 0.2) is 33.5 Å². The van der Waals surface area contributed by atoms with E-state index >= 15 is 0 Å². The number of hydrogen-bond donors (Lipinski definition) is 2. The molecule has 1 aliphatic rings. The predicted molar refractivity (Wildman–Crippen MR) is 91.8 cm³/mol. The Morgan fingerprint density at radius 2 is 2.29 bits per heavy atom. The molecule has 2 unspecified atom stereocenters. The van der Waals surface area contributed by atoms with Crippen molar-refractivity contribution < 1.29 is 9.52 Å². The van der Waals surface area contributed by atoms with E-state index < -0.39 is 0 Å². The molecular weight excluding hydrogens is 306 g/mol. The first-order chi connectivity index (χ1) is 11.6. The molecule has 0 amide bonds. The van der Waals surface area contributed by atoms with E-state index in [2.05, 4.69) is 14.9 Å². The van der Waals surface area contributed by atoms with Gasteiger partial charge in [-0.05, 0) is 44.4 Å². The van der Waals surface area contributed by atoms with Gasteiger partial charge in [0.15, 0.2) is 0 Å². The summed E-state index contributed by atoms with van der Waals surface area (Å²) in [5.74, 6) is 0.925. The van der Waals surface area contributed by atoms with Crippen molar-refractivity contribution >= 4 is 22.1 Å². The molecule has 1 aliphatic heterocycles. The van der Waals surface area contributed by atoms with Crippen molar-refractivity contribution in [1.82, 2.24) is 14.9 Å². The van der Waals surface area contributed by atoms with Crippen LogP contribution in [-0.2, 0) is 6.54 Å². The second-order valence-corrected chi connectivity index (χ2v) is 6.67. The number of likely N-dealkylation sites (tertiary alicyclic amines) is 1. The van der Waals surface area contributed by atoms with Gasteiger partial charge in [-0.15, -0.1) is 0 Å². The molecule has 0 spiro atoms. The first-order valence-corrected chi connectivity index (χ1v) is 8.42. The second-order valence-electron chi connectivity index (χ2n) is 6.67. The van der Waals surface area contributed by atoms with Gasteiger partial charge in [-0.1, -0.05) is 12.1 Å². The molecule has 0 aliphatic carbocycles. The number of benzene rings is 1. The van der Waals surface area contributed by atoms with Crippen molar-refractivity contribution in [3.63, 3.8) is 0 Å². The minimum absolute atomic E-state index is 0.240. The third-order valence-electron chi connectivity index (χ3n) is 4.88. The molecule has 4 rings (SSSR count). The Hall–Kier alpha value is -2.18. The first kappa shape index (κ1) is 15.4. The maximum atomic E-state index is 12.3. The zero-order chi connectivity index (χ0) is 16.7. The summed E-state index contributed by atoms with van der Waals surface area (Å²) < 4.78 is 5.62. The normalized spacial score (nSPS) is 20.7. The van der Waals surface area contributed by atoms with Crippen LogP contribution in [0.5, 0.6) is 0 Å². The molecule has 1 fully saturated rings. The van der Waals surface area contributed by atoms with Gasteiger partial charge in [-0.3, -0.25) is 9.69 Å². The number of H-pyrrole nitrogens is 1. The maximum absolute atomic E-state index is 12.3. The van der Waals surface area contributed by atoms with E-state index in [1.165, 1.54) is 0 Å². The highest BCUT2D eigenvalue weighted by Crippen LogP contribution is 2.25. The van der Waals surface area contributed by atoms with Crippen LogP contribution in [0, 0.1) is 5.92 Å². The van der Waals surface area contributed by atoms with Crippen LogP contribution in [0.4, 0.5) is 0 Å². The number of nitrogens with zero attached hydrogens (tertiary/aromatic N) is 2. The Labute approximate surface area is 139 Å². The number of para-hydroxylation sites is 1. The molecule has 3 aromatic rings. The smallest absolute Gasteiger partial charge is 0.294 e. The number of rotatable bonds is 3. The topological polar surface area (TPSA) is 82.4 Å². The highest BCUT2D eigenvalue weighted by molar-refractivity contribution is 6.01. The minimum atomic E-state index is -0.305. The fourth-order valence-corrected chi connectivity index (χ4v) is 3.56. The number of aromatic amines is 1. The summed E-state index contributed by atoms with van der Waals surface area (Å²) >= 11 is 0. The molecule has 6 heteroatoms. The molecule has 3 heterocycles. The number of piperidine rings is 1. The maximum Gasteiger partial charge on any atom is 0.294 e. The van der Waals surface area contributed by atoms with Crippen LogP contribution in [0.25, 0.3) is 22.1 Å². The van der Waals surface area contributed by atoms with E-state index in [0.29, 0.717) is 23.5 Å². The van der Waals surface area contributed by atoms with Crippen LogP contribution in [-0.4, -0.2) is 39.2 Å². The van der Waals surface area contributed by atoms with E-state index in [9.17, 15) is 9.90 Å². The largest absolute Gasteiger partial charge is 0.449 e. The quantitative estimate of drug-likeness (QED) is 0.771. The van der Waals surface area contributed by atoms with Crippen LogP contribution in [0.3, 0.4) is 0 Å². The van der Waals surface area contributed by atoms with Gasteiger partial charge in [0.25, 0.3) is 5.56 Å². The molecule has 1 saturated heterocycles. The van der Waals surface area contributed by atoms with Crippen molar-refractivity contribution in [2.45, 2.75) is 32.4 Å². The third kappa shape index (κ3) is 2.72. The van der Waals surface area contributed by atoms with Crippen LogP contribution in [0.1, 0.15) is 25.6 Å². The fraction of sp³-hybridized carbons (Fsp3) is 0.444. The fourth-order valence-electron chi connectivity index (χ4n) is 3.56. The van der Waals surface area contributed by atoms with Gasteiger partial charge in [-0.25, -0.2) is 4.98 Å². The average molecular weight is 327 g/mol. The van der Waals surface area contributed by atoms with Crippen molar-refractivity contribution in [3.05, 3.63) is 40.4 Å². The highest BCUT2D eigenvalue weighted by Gasteiger charge is 2.24. The van der Waals surface area contributed by atoms with Crippen molar-refractivity contribution in [3.8, 4) is 0 Å². The molecule has 0 radical (unpaired) electrons. The number of nitrogens with one attached hydrogen (secondary N) is 1. The summed E-state index contributed by atoms with van der Waals surface area (Å²) in [7, 11) is 0. The Kier molecular flexibility index (Phi) is 3.86. The van der Waals surface area contributed by atoms with Crippen molar-refractivity contribution in [1.29, 1.82) is 0 Å². The summed E-state index contributed by atoms with van der Waals surface area (Å²) in [6, 6.07) is 7.55. The van der Waals surface area contributed by atoms with Gasteiger partial charge in [0.05, 0.1) is 12.6 Å². The molecule has 126 valence electrons. The van der Waals surface area contributed by atoms with E-state index in [1.54, 1.807) is 0 Å². The van der Waals surface area contributed by atoms with Gasteiger partial charge in [0.1, 0.15) is 16.9 Å². The average Bonchev–Trinajstić information content (AvgIpc) is 2.95. The Morgan fingerprint density at radius 1 is 1.46 bits per heavy atom. The van der Waals surface area contributed by atoms with Crippen molar-refractivity contribution in [2.75, 3.05) is 13.1 Å². The number of hydrogen-bond acceptors (Lipinski definition) is 5. The lowest BCUT2D eigenvalue weighted by molar-refractivity contribution is 0.0589. The molecule has 24 heavy (non-hydrogen) atoms. The summed E-state index contributed by atoms with van der Waals surface area (Å²) in [6.07, 6.45) is 1.79. The second kappa shape index (κ2) is 6.03. The van der Waals surface area contributed by atoms with E-state index in [0.717, 1.165) is 31.3 Å². The summed E-state index contributed by atoms with van der Waals surface area (Å²) in [6.45, 7) is 4.20. The zero-order valence-corrected chi connectivity index (χ0v) is 13.7. The van der Waals surface area contributed by atoms with Crippen molar-refractivity contribution in [2.24, 2.45) is 5.92 Å². The number of fused-ring (bicyclic) bond motifs is 3. The number of aromatic nitrogens is 2. The molecule has 6 nitrogen and oxygen atoms in total. The van der Waals surface area contributed by atoms with Crippen LogP contribution >= 0.6 is 0 Å². The van der Waals surface area contributed by atoms with Gasteiger partial charge in [-0.2, -0.15) is 0 Å². The molecule has 0 bridgehead atoms. The monoisotopic (exact) mass is 327 g/mol. The molecule has 0 saturated carbocycles. The zero-order valence-electron chi connectivity index (χ0n) is 13.7. The highest BCUT2D eigenvalue weighted by atomic mass is 16.3. The Morgan fingerprint density at radius 3 is 3.12 bits per heavy atom. The lowest BCUT2D eigenvalue weighted by atomic mass is 9.93. The van der Waals surface area contributed by atoms with Crippen LogP contribution < -0.4 is 5.56 Å². The van der Waals surface area contributed by atoms with Gasteiger partial charge in [0.2, 0.25) is 5.58 Å². The predicted octanol–water partition coefficient (Wildman–Crippen LogP) is 2.26. The SMILES string of the molecule is CC(O)C1CCCN(Cc2nc3c(oc4ccccc43)c(=O)[nH]2)C1. The standard InChI is InChI=1S/C18H21N3O3/c1-11(22)12-5-4-8-21(9-12)10-15-19-16-13-6-2-3-7-14(13)24-17(16)18(23)20-15/h2-3,6-7,11-12,22H,4-5,8-10H2,1H3,(H,19,20,23). The van der Waals surface area contributed by atoms with Crippen LogP contribution in [0.2, 0.25) is 0 Å². The molecule has 2 atom stereocenters. The Bertz CT molecular complexity index is 928. The molecule has 2 aromatic heterocycles. The number of furan rings is 1. The van der Waals surface area contributed by atoms with Gasteiger partial charge in [0, 0.05) is 11.9 Å². The lowest BCUT2D eigenvalue weighted by Crippen LogP contribution is -2.39. The summed E-state index contributed by atoms with van der Waals surface area (Å²) in [5.41, 5.74) is 1.33. The minimum Gasteiger partial charge on any atom is -0.449 e. The molecule has 1 aromatic carbocycles. The summed E-state index contributed by atoms with van der Waals surface area (Å²) in [5, 5.41) is 10.7. The van der Waals surface area contributed by atoms with Gasteiger partial charge < -0.3 is 14.5 Å². The lowest BCUT2D eigenvalue weighted by Gasteiger charge is -2.33. The molecule has 2 N–H and O–H groups in total.